The van der Waals surface area contributed by atoms with Crippen molar-refractivity contribution < 1.29 is 150 Å². The van der Waals surface area contributed by atoms with Crippen LogP contribution in [0.4, 0.5) is 87.8 Å². The molecule has 36 heteroatoms. The largest absolute Gasteiger partial charge is 0.465 e. The Morgan fingerprint density at radius 2 is 0.701 bits per heavy atom. The van der Waals surface area contributed by atoms with Crippen molar-refractivity contribution in [3.8, 4) is 0 Å². The molecule has 848 valence electrons. The number of amides is 1. The quantitative estimate of drug-likeness (QED) is 0.0121. The number of ether oxygens (including phenoxy) is 6. The molecule has 0 N–H and O–H groups in total. The molecule has 4 aliphatic carbocycles. The smallest absolute Gasteiger partial charge is 0.434 e. The Kier molecular flexibility index (Phi) is 63.5. The second-order valence-corrected chi connectivity index (χ2v) is 57.7. The zero-order valence-electron chi connectivity index (χ0n) is 94.7. The average Bonchev–Trinajstić information content (AvgIpc) is 0.743. The summed E-state index contributed by atoms with van der Waals surface area (Å²) < 4.78 is 275. The van der Waals surface area contributed by atoms with Crippen molar-refractivity contribution in [2.45, 2.75) is 500 Å². The maximum absolute atomic E-state index is 13.1. The van der Waals surface area contributed by atoms with Crippen molar-refractivity contribution in [1.82, 2.24) is 4.90 Å². The summed E-state index contributed by atoms with van der Waals surface area (Å²) in [4.78, 5) is 83.4. The first-order valence-corrected chi connectivity index (χ1v) is 58.6. The number of carbonyl (C=O) groups is 7. The Morgan fingerprint density at radius 1 is 0.382 bits per heavy atom. The molecule has 0 spiro atoms. The highest BCUT2D eigenvalue weighted by molar-refractivity contribution is 6.76. The minimum atomic E-state index is -5.67. The van der Waals surface area contributed by atoms with Gasteiger partial charge in [0.2, 0.25) is 11.7 Å². The lowest BCUT2D eigenvalue weighted by Gasteiger charge is -2.56. The van der Waals surface area contributed by atoms with Gasteiger partial charge < -0.3 is 33.3 Å². The van der Waals surface area contributed by atoms with Crippen LogP contribution < -0.4 is 0 Å². The molecule has 0 aromatic heterocycles. The van der Waals surface area contributed by atoms with Gasteiger partial charge in [-0.2, -0.15) is 65.9 Å². The van der Waals surface area contributed by atoms with Crippen LogP contribution in [-0.2, 0) is 62.0 Å². The minimum absolute atomic E-state index is 0.0342. The summed E-state index contributed by atoms with van der Waals surface area (Å²) in [5.41, 5.74) is -6.65. The van der Waals surface area contributed by atoms with Gasteiger partial charge in [0.15, 0.2) is 28.7 Å². The number of carbonyl (C=O) groups excluding carboxylic acids is 7. The molecule has 4 fully saturated rings. The number of halogens is 20. The van der Waals surface area contributed by atoms with Crippen LogP contribution in [0.5, 0.6) is 0 Å². The molecule has 2 aromatic carbocycles. The highest BCUT2D eigenvalue weighted by atomic mass is 28.3. The van der Waals surface area contributed by atoms with Gasteiger partial charge in [-0.05, 0) is 275 Å². The van der Waals surface area contributed by atoms with Gasteiger partial charge in [-0.15, -0.1) is 0 Å². The van der Waals surface area contributed by atoms with Gasteiger partial charge in [-0.3, -0.25) is 33.6 Å². The average molecular weight is 2140 g/mol. The molecular formula is C108H185F20NO13Si2. The fourth-order valence-electron chi connectivity index (χ4n) is 14.1. The van der Waals surface area contributed by atoms with Crippen molar-refractivity contribution in [1.29, 1.82) is 0 Å². The molecule has 6 rings (SSSR count). The number of hydrogen-bond acceptors (Lipinski definition) is 13. The number of hydrogen-bond donors (Lipinski definition) is 0. The summed E-state index contributed by atoms with van der Waals surface area (Å²) in [5, 5.41) is 0. The highest BCUT2D eigenvalue weighted by Crippen LogP contribution is 2.58. The summed E-state index contributed by atoms with van der Waals surface area (Å²) >= 11 is 0. The molecule has 4 atom stereocenters. The zero-order valence-corrected chi connectivity index (χ0v) is 96.7. The Bertz CT molecular complexity index is 3890. The van der Waals surface area contributed by atoms with Gasteiger partial charge in [-0.1, -0.05) is 218 Å². The molecule has 0 radical (unpaired) electrons. The molecule has 144 heavy (non-hydrogen) atoms. The number of nitrogens with zero attached hydrogens (tertiary/aromatic N) is 1. The molecule has 4 saturated carbocycles. The van der Waals surface area contributed by atoms with E-state index in [1.54, 1.807) is 6.92 Å². The van der Waals surface area contributed by atoms with Gasteiger partial charge in [0.05, 0.1) is 40.3 Å². The van der Waals surface area contributed by atoms with Gasteiger partial charge in [0, 0.05) is 39.2 Å². The van der Waals surface area contributed by atoms with E-state index in [0.29, 0.717) is 25.6 Å². The molecule has 1 amide bonds. The first-order chi connectivity index (χ1) is 64.7. The van der Waals surface area contributed by atoms with E-state index in [-0.39, 0.29) is 82.4 Å². The number of rotatable bonds is 35. The maximum Gasteiger partial charge on any atom is 0.434 e. The molecule has 2 aromatic rings. The standard InChI is InChI=1S/C16H26O2.C12H25NO.C12H26O2Si.C12H24O2.C10H9F5.C10H17F3O2.C10H14.2C9H12F6O2.C8H20Si/c1-4-15(2,3)14(17)18-16-8-11-5-12(9-16)7-13(6-11)10-16;1-8-12(6,7)11(14)13(9(2)3)10(4)5;1-7-12(2,3)11(13)14-9-8-10-15(4,5)6;1-5-7-8-9-10-14-11(13)12(3,4)6-2;1-3-4(2)5-6(11)8(13)10(15)9(14)7(5)12;1-6-9(5,10(11,12)13)7(14)15-8(2,3)4;1-3-9(2)10-7-5-4-6-8-10;2*1-4-7(2,3)6(16)17-5(8(10,11)12)9(13,14)15;1-6-8(2)7-9(3,4)5/h11-13H,4-10H2,1-3H3;9-10H,8H2,1-7H3;7-10H2,1-6H3;5-10H2,1-4H3;4H,3H2,1-2H3;6H2,1-5H3;4-9H,3H2,1-2H3;2*5H,4H2,1-3H3;8H,6-7H2,1-5H3. The van der Waals surface area contributed by atoms with Crippen molar-refractivity contribution in [2.24, 2.45) is 61.6 Å². The Labute approximate surface area is 853 Å². The molecule has 4 bridgehead atoms. The highest BCUT2D eigenvalue weighted by Gasteiger charge is 2.63. The van der Waals surface area contributed by atoms with E-state index in [1.165, 1.54) is 139 Å². The van der Waals surface area contributed by atoms with Gasteiger partial charge in [-0.25, -0.2) is 22.0 Å². The number of esters is 6. The molecule has 4 aliphatic rings. The monoisotopic (exact) mass is 2140 g/mol. The van der Waals surface area contributed by atoms with E-state index < -0.39 is 140 Å². The lowest BCUT2D eigenvalue weighted by molar-refractivity contribution is -0.316. The predicted octanol–water partition coefficient (Wildman–Crippen LogP) is 34.9. The topological polar surface area (TPSA) is 178 Å². The van der Waals surface area contributed by atoms with Gasteiger partial charge in [0.1, 0.15) is 11.2 Å². The fraction of sp³-hybridized carbons (Fsp3) is 0.824. The van der Waals surface area contributed by atoms with E-state index in [9.17, 15) is 121 Å². The van der Waals surface area contributed by atoms with E-state index in [1.807, 2.05) is 74.1 Å². The number of alkyl halides is 15. The summed E-state index contributed by atoms with van der Waals surface area (Å²) in [5.74, 6) is -9.96. The Hall–Kier alpha value is -6.24. The van der Waals surface area contributed by atoms with E-state index in [4.69, 9.17) is 18.9 Å². The van der Waals surface area contributed by atoms with Crippen molar-refractivity contribution in [3.05, 3.63) is 70.5 Å². The first kappa shape index (κ1) is 146. The molecule has 0 heterocycles. The number of unbranched alkanes of at least 4 members (excludes halogenated alkanes) is 3. The Balaban J connectivity index is -0.000000499. The molecule has 14 nitrogen and oxygen atoms in total. The maximum atomic E-state index is 13.1. The van der Waals surface area contributed by atoms with Crippen LogP contribution in [0.3, 0.4) is 0 Å². The third kappa shape index (κ3) is 54.5. The summed E-state index contributed by atoms with van der Waals surface area (Å²) in [6, 6.07) is 13.9. The van der Waals surface area contributed by atoms with Crippen LogP contribution in [0, 0.1) is 90.7 Å². The third-order valence-corrected chi connectivity index (χ3v) is 30.4. The van der Waals surface area contributed by atoms with E-state index in [0.717, 1.165) is 94.8 Å². The molecular weight excluding hydrogens is 1960 g/mol. The lowest BCUT2D eigenvalue weighted by Crippen LogP contribution is -2.53. The fourth-order valence-corrected chi connectivity index (χ4v) is 17.7. The molecule has 0 saturated heterocycles. The lowest BCUT2D eigenvalue weighted by atomic mass is 9.54. The Morgan fingerprint density at radius 3 is 0.965 bits per heavy atom. The summed E-state index contributed by atoms with van der Waals surface area (Å²) in [6.07, 6.45) is -16.1. The van der Waals surface area contributed by atoms with Gasteiger partial charge >= 0.3 is 66.7 Å². The van der Waals surface area contributed by atoms with Crippen LogP contribution in [0.2, 0.25) is 51.4 Å². The zero-order chi connectivity index (χ0) is 115. The SMILES string of the molecule is CCC(C)(C(=O)OC(C)(C)C)C(F)(F)F.CCC(C)(C)C(=O)N(C(C)C)C(C)C.CCC(C)(C)C(=O)OC(C(F)(F)F)C(F)(F)F.CCC(C)(C)C(=O)OC(C(F)(F)F)C(F)(F)F.CCC(C)(C)C(=O)OC12CC3CC(CC(C3)C1)C2.CCC(C)(C)C(=O)OCCC[Si](C)(C)C.CCC(C)C[Si](C)(C)C.CCC(C)c1c(F)c(F)c(F)c(F)c1F.CCC(C)c1ccccc1.CCCCCCOC(=O)C(C)(C)CC. The van der Waals surface area contributed by atoms with Crippen molar-refractivity contribution in [3.63, 3.8) is 0 Å². The molecule has 4 unspecified atom stereocenters. The van der Waals surface area contributed by atoms with E-state index >= 15 is 0 Å². The van der Waals surface area contributed by atoms with Crippen molar-refractivity contribution in [2.75, 3.05) is 13.2 Å². The van der Waals surface area contributed by atoms with Crippen LogP contribution >= 0.6 is 0 Å². The van der Waals surface area contributed by atoms with E-state index in [2.05, 4.69) is 155 Å². The normalized spacial score (nSPS) is 17.2. The van der Waals surface area contributed by atoms with Crippen LogP contribution in [0.15, 0.2) is 30.3 Å². The second-order valence-electron chi connectivity index (χ2n) is 46.5. The van der Waals surface area contributed by atoms with Crippen LogP contribution in [0.1, 0.15) is 393 Å². The second kappa shape index (κ2) is 62.5. The predicted molar refractivity (Wildman–Crippen MR) is 539 cm³/mol. The van der Waals surface area contributed by atoms with Crippen LogP contribution in [-0.4, -0.2) is 142 Å². The first-order valence-electron chi connectivity index (χ1n) is 51.1. The van der Waals surface area contributed by atoms with Crippen LogP contribution in [0.25, 0.3) is 0 Å². The molecule has 0 aliphatic heterocycles. The van der Waals surface area contributed by atoms with Gasteiger partial charge in [0.25, 0.3) is 12.2 Å². The summed E-state index contributed by atoms with van der Waals surface area (Å²) in [7, 11) is -1.72. The third-order valence-electron chi connectivity index (χ3n) is 26.6. The van der Waals surface area contributed by atoms with Crippen molar-refractivity contribution >= 4 is 57.9 Å². The summed E-state index contributed by atoms with van der Waals surface area (Å²) in [6.45, 7) is 76.6. The minimum Gasteiger partial charge on any atom is -0.465 e. The number of benzene rings is 2.